The van der Waals surface area contributed by atoms with Crippen LogP contribution in [0, 0.1) is 5.82 Å². The number of fused-ring (bicyclic) bond motifs is 1. The predicted molar refractivity (Wildman–Crippen MR) is 118 cm³/mol. The van der Waals surface area contributed by atoms with E-state index >= 15 is 0 Å². The van der Waals surface area contributed by atoms with Crippen molar-refractivity contribution in [2.75, 3.05) is 18.7 Å². The molecule has 9 heteroatoms. The van der Waals surface area contributed by atoms with Gasteiger partial charge in [0.2, 0.25) is 6.79 Å². The second-order valence-corrected chi connectivity index (χ2v) is 7.14. The van der Waals surface area contributed by atoms with E-state index in [2.05, 4.69) is 15.4 Å². The van der Waals surface area contributed by atoms with E-state index in [4.69, 9.17) is 14.2 Å². The van der Waals surface area contributed by atoms with Crippen molar-refractivity contribution < 1.29 is 23.4 Å². The Morgan fingerprint density at radius 3 is 2.70 bits per heavy atom. The molecule has 1 aliphatic rings. The number of nitrogens with one attached hydrogen (secondary N) is 1. The van der Waals surface area contributed by atoms with Gasteiger partial charge in [-0.25, -0.2) is 9.07 Å². The Balaban J connectivity index is 1.43. The zero-order valence-corrected chi connectivity index (χ0v) is 17.6. The van der Waals surface area contributed by atoms with Gasteiger partial charge in [-0.15, -0.1) is 5.10 Å². The van der Waals surface area contributed by atoms with Crippen molar-refractivity contribution >= 4 is 11.6 Å². The van der Waals surface area contributed by atoms with Gasteiger partial charge in [0.1, 0.15) is 5.82 Å². The summed E-state index contributed by atoms with van der Waals surface area (Å²) in [6.07, 6.45) is 0. The Morgan fingerprint density at radius 2 is 1.91 bits per heavy atom. The summed E-state index contributed by atoms with van der Waals surface area (Å²) in [5, 5.41) is 7.23. The van der Waals surface area contributed by atoms with Gasteiger partial charge >= 0.3 is 6.01 Å². The maximum atomic E-state index is 13.4. The van der Waals surface area contributed by atoms with Gasteiger partial charge in [0.05, 0.1) is 12.3 Å². The van der Waals surface area contributed by atoms with E-state index in [1.165, 1.54) is 18.2 Å². The van der Waals surface area contributed by atoms with Crippen LogP contribution in [0.25, 0.3) is 17.1 Å². The van der Waals surface area contributed by atoms with E-state index in [-0.39, 0.29) is 18.4 Å². The van der Waals surface area contributed by atoms with Gasteiger partial charge in [-0.2, -0.15) is 4.98 Å². The fraction of sp³-hybridized carbons (Fsp3) is 0.125. The summed E-state index contributed by atoms with van der Waals surface area (Å²) in [5.41, 5.74) is 2.29. The molecular formula is C24H19FN4O4. The topological polar surface area (TPSA) is 87.5 Å². The second kappa shape index (κ2) is 8.62. The van der Waals surface area contributed by atoms with Crippen LogP contribution in [0.2, 0.25) is 0 Å². The molecule has 0 saturated heterocycles. The number of benzene rings is 3. The molecule has 0 saturated carbocycles. The highest BCUT2D eigenvalue weighted by molar-refractivity contribution is 6.04. The lowest BCUT2D eigenvalue weighted by molar-refractivity contribution is 0.102. The van der Waals surface area contributed by atoms with Gasteiger partial charge in [-0.05, 0) is 67.6 Å². The van der Waals surface area contributed by atoms with Crippen LogP contribution >= 0.6 is 0 Å². The van der Waals surface area contributed by atoms with Crippen LogP contribution in [0.15, 0.2) is 66.7 Å². The van der Waals surface area contributed by atoms with Crippen LogP contribution < -0.4 is 19.5 Å². The van der Waals surface area contributed by atoms with Gasteiger partial charge in [0.25, 0.3) is 5.91 Å². The van der Waals surface area contributed by atoms with Gasteiger partial charge in [-0.1, -0.05) is 6.07 Å². The first kappa shape index (κ1) is 20.5. The van der Waals surface area contributed by atoms with Gasteiger partial charge in [0, 0.05) is 16.8 Å². The molecule has 3 aromatic carbocycles. The number of hydrogen-bond donors (Lipinski definition) is 1. The van der Waals surface area contributed by atoms with Crippen molar-refractivity contribution in [3.05, 3.63) is 78.1 Å². The first-order valence-electron chi connectivity index (χ1n) is 10.3. The molecule has 8 nitrogen and oxygen atoms in total. The normalized spacial score (nSPS) is 11.9. The molecule has 0 spiro atoms. The second-order valence-electron chi connectivity index (χ2n) is 7.14. The highest BCUT2D eigenvalue weighted by Crippen LogP contribution is 2.36. The molecular weight excluding hydrogens is 427 g/mol. The lowest BCUT2D eigenvalue weighted by Crippen LogP contribution is -2.12. The van der Waals surface area contributed by atoms with E-state index in [0.29, 0.717) is 35.3 Å². The molecule has 0 atom stereocenters. The molecule has 1 aliphatic heterocycles. The Labute approximate surface area is 188 Å². The third-order valence-corrected chi connectivity index (χ3v) is 4.95. The Morgan fingerprint density at radius 1 is 1.09 bits per heavy atom. The fourth-order valence-electron chi connectivity index (χ4n) is 3.40. The Bertz CT molecular complexity index is 1320. The summed E-state index contributed by atoms with van der Waals surface area (Å²) < 4.78 is 31.4. The number of rotatable bonds is 6. The number of hydrogen-bond acceptors (Lipinski definition) is 6. The van der Waals surface area contributed by atoms with Gasteiger partial charge < -0.3 is 19.5 Å². The summed E-state index contributed by atoms with van der Waals surface area (Å²) in [6.45, 7) is 2.46. The Kier molecular flexibility index (Phi) is 5.35. The lowest BCUT2D eigenvalue weighted by atomic mass is 10.2. The minimum Gasteiger partial charge on any atom is -0.463 e. The summed E-state index contributed by atoms with van der Waals surface area (Å²) in [6, 6.07) is 18.4. The first-order chi connectivity index (χ1) is 16.1. The van der Waals surface area contributed by atoms with E-state index < -0.39 is 11.7 Å². The smallest absolute Gasteiger partial charge is 0.336 e. The summed E-state index contributed by atoms with van der Waals surface area (Å²) >= 11 is 0. The number of carbonyl (C=O) groups is 1. The highest BCUT2D eigenvalue weighted by atomic mass is 19.1. The summed E-state index contributed by atoms with van der Waals surface area (Å²) in [7, 11) is 0. The number of aromatic nitrogens is 3. The summed E-state index contributed by atoms with van der Waals surface area (Å²) in [5.74, 6) is 1.00. The molecule has 4 aromatic rings. The third-order valence-electron chi connectivity index (χ3n) is 4.95. The van der Waals surface area contributed by atoms with Crippen molar-refractivity contribution in [2.24, 2.45) is 0 Å². The molecule has 0 radical (unpaired) electrons. The van der Waals surface area contributed by atoms with Gasteiger partial charge in [0.15, 0.2) is 17.3 Å². The third kappa shape index (κ3) is 4.20. The van der Waals surface area contributed by atoms with E-state index in [9.17, 15) is 9.18 Å². The van der Waals surface area contributed by atoms with Crippen molar-refractivity contribution in [2.45, 2.75) is 6.92 Å². The molecule has 33 heavy (non-hydrogen) atoms. The number of amides is 1. The molecule has 5 rings (SSSR count). The first-order valence-corrected chi connectivity index (χ1v) is 10.3. The van der Waals surface area contributed by atoms with Crippen LogP contribution in [-0.4, -0.2) is 34.1 Å². The van der Waals surface area contributed by atoms with E-state index in [0.717, 1.165) is 5.56 Å². The number of ether oxygens (including phenoxy) is 3. The zero-order chi connectivity index (χ0) is 22.8. The monoisotopic (exact) mass is 446 g/mol. The van der Waals surface area contributed by atoms with Crippen LogP contribution in [0.1, 0.15) is 17.3 Å². The maximum Gasteiger partial charge on any atom is 0.336 e. The van der Waals surface area contributed by atoms with Crippen LogP contribution in [-0.2, 0) is 0 Å². The molecule has 0 fully saturated rings. The minimum absolute atomic E-state index is 0.179. The average Bonchev–Trinajstić information content (AvgIpc) is 3.46. The summed E-state index contributed by atoms with van der Waals surface area (Å²) in [4.78, 5) is 16.9. The molecule has 0 bridgehead atoms. The van der Waals surface area contributed by atoms with Gasteiger partial charge in [-0.3, -0.25) is 4.79 Å². The largest absolute Gasteiger partial charge is 0.463 e. The molecule has 2 heterocycles. The molecule has 1 aromatic heterocycles. The SMILES string of the molecule is CCOc1nc(-c2ccc3c(c2)OCO3)n(-c2ccc(NC(=O)c3cccc(F)c3)cc2)n1. The Hall–Kier alpha value is -4.40. The van der Waals surface area contributed by atoms with Crippen molar-refractivity contribution in [3.8, 4) is 34.6 Å². The van der Waals surface area contributed by atoms with E-state index in [1.54, 1.807) is 35.0 Å². The van der Waals surface area contributed by atoms with E-state index in [1.807, 2.05) is 25.1 Å². The fourth-order valence-corrected chi connectivity index (χ4v) is 3.40. The average molecular weight is 446 g/mol. The predicted octanol–water partition coefficient (Wildman–Crippen LogP) is 4.45. The number of halogens is 1. The number of nitrogens with zero attached hydrogens (tertiary/aromatic N) is 3. The highest BCUT2D eigenvalue weighted by Gasteiger charge is 2.19. The zero-order valence-electron chi connectivity index (χ0n) is 17.6. The standard InChI is InChI=1S/C24H19FN4O4/c1-2-31-24-27-22(15-6-11-20-21(13-15)33-14-32-20)29(28-24)19-9-7-18(8-10-19)26-23(30)16-4-3-5-17(25)12-16/h3-13H,2,14H2,1H3,(H,26,30). The van der Waals surface area contributed by atoms with Crippen LogP contribution in [0.4, 0.5) is 10.1 Å². The molecule has 0 unspecified atom stereocenters. The minimum atomic E-state index is -0.467. The van der Waals surface area contributed by atoms with Crippen molar-refractivity contribution in [1.29, 1.82) is 0 Å². The quantitative estimate of drug-likeness (QED) is 0.471. The molecule has 166 valence electrons. The number of carbonyl (C=O) groups excluding carboxylic acids is 1. The lowest BCUT2D eigenvalue weighted by Gasteiger charge is -2.09. The molecule has 1 N–H and O–H groups in total. The van der Waals surface area contributed by atoms with Crippen molar-refractivity contribution in [1.82, 2.24) is 14.8 Å². The van der Waals surface area contributed by atoms with Crippen LogP contribution in [0.5, 0.6) is 17.5 Å². The maximum absolute atomic E-state index is 13.4. The van der Waals surface area contributed by atoms with Crippen molar-refractivity contribution in [3.63, 3.8) is 0 Å². The van der Waals surface area contributed by atoms with Crippen LogP contribution in [0.3, 0.4) is 0 Å². The number of anilines is 1. The molecule has 0 aliphatic carbocycles. The molecule has 1 amide bonds.